The second-order valence-corrected chi connectivity index (χ2v) is 8.94. The van der Waals surface area contributed by atoms with Crippen molar-refractivity contribution >= 4 is 29.1 Å². The summed E-state index contributed by atoms with van der Waals surface area (Å²) in [6.45, 7) is 1.27. The third-order valence-electron chi connectivity index (χ3n) is 6.39. The van der Waals surface area contributed by atoms with E-state index in [1.807, 2.05) is 29.2 Å². The summed E-state index contributed by atoms with van der Waals surface area (Å²) in [5.41, 5.74) is 8.09. The zero-order chi connectivity index (χ0) is 20.8. The van der Waals surface area contributed by atoms with Crippen LogP contribution < -0.4 is 10.9 Å². The first-order valence-electron chi connectivity index (χ1n) is 10.2. The Balaban J connectivity index is 1.56. The van der Waals surface area contributed by atoms with Gasteiger partial charge in [-0.15, -0.1) is 0 Å². The molecule has 1 amide bonds. The molecule has 6 nitrogen and oxygen atoms in total. The van der Waals surface area contributed by atoms with Crippen molar-refractivity contribution in [3.05, 3.63) is 63.6 Å². The van der Waals surface area contributed by atoms with Crippen LogP contribution >= 0.6 is 23.2 Å². The number of carbonyl (C=O) groups is 1. The van der Waals surface area contributed by atoms with Crippen LogP contribution in [0.3, 0.4) is 0 Å². The van der Waals surface area contributed by atoms with Crippen molar-refractivity contribution < 1.29 is 14.6 Å². The van der Waals surface area contributed by atoms with Gasteiger partial charge in [0.25, 0.3) is 0 Å². The lowest BCUT2D eigenvalue weighted by Gasteiger charge is -2.33. The van der Waals surface area contributed by atoms with E-state index in [1.54, 1.807) is 18.2 Å². The molecule has 5 rings (SSSR count). The fourth-order valence-corrected chi connectivity index (χ4v) is 5.33. The molecule has 3 fully saturated rings. The van der Waals surface area contributed by atoms with Crippen LogP contribution in [0.4, 0.5) is 0 Å². The maximum Gasteiger partial charge on any atom is 0.242 e. The number of ether oxygens (including phenoxy) is 1. The smallest absolute Gasteiger partial charge is 0.242 e. The molecule has 0 aromatic heterocycles. The first-order valence-corrected chi connectivity index (χ1v) is 11.0. The third-order valence-corrected chi connectivity index (χ3v) is 7.13. The highest BCUT2D eigenvalue weighted by Crippen LogP contribution is 2.49. The molecule has 5 unspecified atom stereocenters. The van der Waals surface area contributed by atoms with Crippen LogP contribution in [-0.2, 0) is 9.53 Å². The van der Waals surface area contributed by atoms with E-state index in [2.05, 4.69) is 10.9 Å². The average Bonchev–Trinajstić information content (AvgIpc) is 3.45. The Kier molecular flexibility index (Phi) is 5.37. The van der Waals surface area contributed by atoms with Crippen LogP contribution in [0.25, 0.3) is 0 Å². The number of aromatic hydroxyl groups is 1. The summed E-state index contributed by atoms with van der Waals surface area (Å²) in [5.74, 6) is 0.0943. The maximum atomic E-state index is 13.4. The first kappa shape index (κ1) is 20.1. The standard InChI is InChI=1S/C22H23Cl2N3O3/c23-15-8-7-12(10-16(15)24)21-18-19(14-5-1-2-6-17(14)28)25-26-20(18)22(29)27(21)11-13-4-3-9-30-13/h1-2,5-8,10,13,18-21,25-26,28H,3-4,9,11H2. The molecule has 0 saturated carbocycles. The van der Waals surface area contributed by atoms with Crippen LogP contribution in [-0.4, -0.2) is 41.2 Å². The van der Waals surface area contributed by atoms with E-state index in [9.17, 15) is 9.90 Å². The number of benzene rings is 2. The van der Waals surface area contributed by atoms with Crippen LogP contribution in [0, 0.1) is 5.92 Å². The van der Waals surface area contributed by atoms with E-state index in [0.29, 0.717) is 16.6 Å². The molecule has 3 N–H and O–H groups in total. The number of phenolic OH excluding ortho intramolecular Hbond substituents is 1. The molecular formula is C22H23Cl2N3O3. The Morgan fingerprint density at radius 1 is 1.10 bits per heavy atom. The molecule has 158 valence electrons. The van der Waals surface area contributed by atoms with Gasteiger partial charge in [0, 0.05) is 24.6 Å². The number of hydrogen-bond acceptors (Lipinski definition) is 5. The predicted octanol–water partition coefficient (Wildman–Crippen LogP) is 3.60. The summed E-state index contributed by atoms with van der Waals surface area (Å²) in [6.07, 6.45) is 1.99. The minimum atomic E-state index is -0.407. The van der Waals surface area contributed by atoms with E-state index < -0.39 is 6.04 Å². The van der Waals surface area contributed by atoms with Crippen LogP contribution in [0.15, 0.2) is 42.5 Å². The van der Waals surface area contributed by atoms with Crippen LogP contribution in [0.1, 0.15) is 36.1 Å². The highest BCUT2D eigenvalue weighted by molar-refractivity contribution is 6.42. The van der Waals surface area contributed by atoms with E-state index in [1.165, 1.54) is 0 Å². The number of para-hydroxylation sites is 1. The Morgan fingerprint density at radius 2 is 1.90 bits per heavy atom. The molecule has 30 heavy (non-hydrogen) atoms. The van der Waals surface area contributed by atoms with E-state index in [4.69, 9.17) is 27.9 Å². The van der Waals surface area contributed by atoms with Gasteiger partial charge in [-0.3, -0.25) is 4.79 Å². The molecule has 8 heteroatoms. The summed E-state index contributed by atoms with van der Waals surface area (Å²) in [5, 5.41) is 11.4. The number of fused-ring (bicyclic) bond motifs is 1. The minimum Gasteiger partial charge on any atom is -0.508 e. The number of phenols is 1. The fraction of sp³-hybridized carbons (Fsp3) is 0.409. The number of carbonyl (C=O) groups excluding carboxylic acids is 1. The number of nitrogens with zero attached hydrogens (tertiary/aromatic N) is 1. The second-order valence-electron chi connectivity index (χ2n) is 8.12. The summed E-state index contributed by atoms with van der Waals surface area (Å²) >= 11 is 12.5. The van der Waals surface area contributed by atoms with Crippen LogP contribution in [0.5, 0.6) is 5.75 Å². The predicted molar refractivity (Wildman–Crippen MR) is 114 cm³/mol. The van der Waals surface area contributed by atoms with E-state index in [0.717, 1.165) is 30.6 Å². The van der Waals surface area contributed by atoms with Crippen molar-refractivity contribution in [2.45, 2.75) is 37.1 Å². The number of rotatable bonds is 4. The minimum absolute atomic E-state index is 0.0250. The van der Waals surface area contributed by atoms with Gasteiger partial charge in [0.15, 0.2) is 0 Å². The van der Waals surface area contributed by atoms with E-state index >= 15 is 0 Å². The van der Waals surface area contributed by atoms with Crippen molar-refractivity contribution in [2.24, 2.45) is 5.92 Å². The summed E-state index contributed by atoms with van der Waals surface area (Å²) in [6, 6.07) is 11.9. The van der Waals surface area contributed by atoms with Gasteiger partial charge in [-0.05, 0) is 36.6 Å². The Bertz CT molecular complexity index is 966. The lowest BCUT2D eigenvalue weighted by Crippen LogP contribution is -2.43. The summed E-state index contributed by atoms with van der Waals surface area (Å²) in [4.78, 5) is 15.3. The topological polar surface area (TPSA) is 73.8 Å². The number of likely N-dealkylation sites (tertiary alicyclic amines) is 1. The molecule has 0 radical (unpaired) electrons. The Morgan fingerprint density at radius 3 is 2.63 bits per heavy atom. The molecule has 2 aromatic rings. The van der Waals surface area contributed by atoms with Crippen molar-refractivity contribution in [1.29, 1.82) is 0 Å². The normalized spacial score (nSPS) is 30.8. The van der Waals surface area contributed by atoms with Gasteiger partial charge < -0.3 is 14.7 Å². The van der Waals surface area contributed by atoms with E-state index in [-0.39, 0.29) is 35.8 Å². The third kappa shape index (κ3) is 3.37. The van der Waals surface area contributed by atoms with Crippen molar-refractivity contribution in [3.8, 4) is 5.75 Å². The molecule has 0 spiro atoms. The maximum absolute atomic E-state index is 13.4. The molecule has 5 atom stereocenters. The van der Waals surface area contributed by atoms with Gasteiger partial charge in [-0.25, -0.2) is 10.9 Å². The zero-order valence-electron chi connectivity index (χ0n) is 16.2. The van der Waals surface area contributed by atoms with Crippen molar-refractivity contribution in [2.75, 3.05) is 13.2 Å². The zero-order valence-corrected chi connectivity index (χ0v) is 17.7. The molecule has 3 aliphatic heterocycles. The van der Waals surface area contributed by atoms with Crippen LogP contribution in [0.2, 0.25) is 10.0 Å². The molecule has 2 aromatic carbocycles. The molecule has 0 aliphatic carbocycles. The number of amides is 1. The van der Waals surface area contributed by atoms with Gasteiger partial charge >= 0.3 is 0 Å². The fourth-order valence-electron chi connectivity index (χ4n) is 5.02. The average molecular weight is 448 g/mol. The quantitative estimate of drug-likeness (QED) is 0.667. The monoisotopic (exact) mass is 447 g/mol. The lowest BCUT2D eigenvalue weighted by atomic mass is 9.83. The Labute approximate surface area is 185 Å². The van der Waals surface area contributed by atoms with Crippen molar-refractivity contribution in [3.63, 3.8) is 0 Å². The molecular weight excluding hydrogens is 425 g/mol. The second kappa shape index (κ2) is 8.02. The summed E-state index contributed by atoms with van der Waals surface area (Å²) in [7, 11) is 0. The molecule has 3 saturated heterocycles. The number of hydrazine groups is 1. The van der Waals surface area contributed by atoms with Gasteiger partial charge in [-0.2, -0.15) is 0 Å². The lowest BCUT2D eigenvalue weighted by molar-refractivity contribution is -0.132. The van der Waals surface area contributed by atoms with Gasteiger partial charge in [0.2, 0.25) is 5.91 Å². The molecule has 3 aliphatic rings. The number of nitrogens with one attached hydrogen (secondary N) is 2. The number of hydrogen-bond donors (Lipinski definition) is 3. The van der Waals surface area contributed by atoms with Gasteiger partial charge in [0.05, 0.1) is 28.2 Å². The largest absolute Gasteiger partial charge is 0.508 e. The number of halogens is 2. The molecule has 0 bridgehead atoms. The highest BCUT2D eigenvalue weighted by atomic mass is 35.5. The summed E-state index contributed by atoms with van der Waals surface area (Å²) < 4.78 is 5.83. The van der Waals surface area contributed by atoms with Gasteiger partial charge in [0.1, 0.15) is 11.8 Å². The SMILES string of the molecule is O=C1C2NNC(c3ccccc3O)C2C(c2ccc(Cl)c(Cl)c2)N1CC1CCCO1. The highest BCUT2D eigenvalue weighted by Gasteiger charge is 2.56. The van der Waals surface area contributed by atoms with Crippen molar-refractivity contribution in [1.82, 2.24) is 15.8 Å². The van der Waals surface area contributed by atoms with Gasteiger partial charge in [-0.1, -0.05) is 47.5 Å². The first-order chi connectivity index (χ1) is 14.5. The molecule has 3 heterocycles. The Hall–Kier alpha value is -1.83.